The van der Waals surface area contributed by atoms with Crippen molar-refractivity contribution in [3.05, 3.63) is 83.6 Å². The number of benzene rings is 3. The van der Waals surface area contributed by atoms with E-state index < -0.39 is 12.4 Å². The number of aryl methyl sites for hydroxylation is 1. The normalized spacial score (nSPS) is 11.3. The number of urea groups is 1. The van der Waals surface area contributed by atoms with Gasteiger partial charge in [0.25, 0.3) is 0 Å². The summed E-state index contributed by atoms with van der Waals surface area (Å²) < 4.78 is 47.2. The lowest BCUT2D eigenvalue weighted by Crippen LogP contribution is -2.20. The van der Waals surface area contributed by atoms with Gasteiger partial charge in [-0.3, -0.25) is 5.32 Å². The van der Waals surface area contributed by atoms with E-state index >= 15 is 0 Å². The first-order valence-corrected chi connectivity index (χ1v) is 11.6. The predicted molar refractivity (Wildman–Crippen MR) is 136 cm³/mol. The number of anilines is 2. The van der Waals surface area contributed by atoms with Crippen LogP contribution < -0.4 is 15.4 Å². The van der Waals surface area contributed by atoms with Gasteiger partial charge in [0.2, 0.25) is 5.82 Å². The summed E-state index contributed by atoms with van der Waals surface area (Å²) in [4.78, 5) is 16.8. The molecule has 198 valence electrons. The number of rotatable bonds is 6. The Bertz CT molecular complexity index is 1620. The minimum Gasteiger partial charge on any atom is -0.406 e. The highest BCUT2D eigenvalue weighted by Gasteiger charge is 2.31. The number of halogens is 4. The van der Waals surface area contributed by atoms with Crippen molar-refractivity contribution in [3.63, 3.8) is 0 Å². The van der Waals surface area contributed by atoms with E-state index in [1.54, 1.807) is 42.5 Å². The third-order valence-corrected chi connectivity index (χ3v) is 5.63. The van der Waals surface area contributed by atoms with Crippen LogP contribution in [0.4, 0.5) is 29.5 Å². The Morgan fingerprint density at radius 2 is 1.74 bits per heavy atom. The van der Waals surface area contributed by atoms with Crippen molar-refractivity contribution in [2.24, 2.45) is 0 Å². The van der Waals surface area contributed by atoms with Gasteiger partial charge in [0, 0.05) is 21.8 Å². The molecule has 0 saturated carbocycles. The molecular formula is C25H17ClF3N7O3. The smallest absolute Gasteiger partial charge is 0.406 e. The lowest BCUT2D eigenvalue weighted by atomic mass is 10.1. The average molecular weight is 556 g/mol. The number of aromatic nitrogens is 5. The topological polar surface area (TPSA) is 120 Å². The van der Waals surface area contributed by atoms with Crippen LogP contribution in [0.5, 0.6) is 5.75 Å². The molecule has 0 saturated heterocycles. The van der Waals surface area contributed by atoms with E-state index in [0.717, 1.165) is 5.56 Å². The van der Waals surface area contributed by atoms with Crippen molar-refractivity contribution in [3.8, 4) is 34.1 Å². The number of nitrogens with zero attached hydrogens (tertiary/aromatic N) is 5. The maximum absolute atomic E-state index is 12.6. The molecule has 0 atom stereocenters. The number of hydrogen-bond donors (Lipinski definition) is 2. The molecule has 14 heteroatoms. The number of ether oxygens (including phenoxy) is 1. The molecular weight excluding hydrogens is 539 g/mol. The van der Waals surface area contributed by atoms with Crippen molar-refractivity contribution in [1.29, 1.82) is 0 Å². The number of nitrogens with one attached hydrogen (secondary N) is 2. The summed E-state index contributed by atoms with van der Waals surface area (Å²) in [6.07, 6.45) is -3.34. The van der Waals surface area contributed by atoms with Gasteiger partial charge in [-0.1, -0.05) is 17.7 Å². The molecule has 0 spiro atoms. The van der Waals surface area contributed by atoms with Crippen LogP contribution >= 0.6 is 11.6 Å². The molecule has 2 aromatic heterocycles. The van der Waals surface area contributed by atoms with E-state index in [9.17, 15) is 18.0 Å². The third-order valence-electron chi connectivity index (χ3n) is 5.39. The van der Waals surface area contributed by atoms with Crippen molar-refractivity contribution in [2.45, 2.75) is 13.3 Å². The summed E-state index contributed by atoms with van der Waals surface area (Å²) >= 11 is 6.01. The Balaban J connectivity index is 1.23. The number of carbonyl (C=O) groups excluding carboxylic acids is 1. The Hall–Kier alpha value is -4.91. The van der Waals surface area contributed by atoms with E-state index in [4.69, 9.17) is 16.2 Å². The van der Waals surface area contributed by atoms with Gasteiger partial charge in [0.05, 0.1) is 5.69 Å². The molecule has 2 N–H and O–H groups in total. The SMILES string of the molecule is Cc1cc(Cl)ccc1-c1nonc1NC(=O)Nc1ccc(-c2ncn(-c3ccc(OC(F)(F)F)cc3)n2)cc1. The number of carbonyl (C=O) groups is 1. The highest BCUT2D eigenvalue weighted by molar-refractivity contribution is 6.30. The summed E-state index contributed by atoms with van der Waals surface area (Å²) in [7, 11) is 0. The molecule has 10 nitrogen and oxygen atoms in total. The van der Waals surface area contributed by atoms with Gasteiger partial charge < -0.3 is 10.1 Å². The Morgan fingerprint density at radius 3 is 2.44 bits per heavy atom. The number of amides is 2. The van der Waals surface area contributed by atoms with Crippen LogP contribution in [0.3, 0.4) is 0 Å². The predicted octanol–water partition coefficient (Wildman–Crippen LogP) is 6.49. The van der Waals surface area contributed by atoms with E-state index in [1.807, 2.05) is 6.92 Å². The zero-order valence-electron chi connectivity index (χ0n) is 19.9. The van der Waals surface area contributed by atoms with Gasteiger partial charge >= 0.3 is 12.4 Å². The fourth-order valence-corrected chi connectivity index (χ4v) is 3.86. The minimum atomic E-state index is -4.77. The van der Waals surface area contributed by atoms with Crippen LogP contribution in [0.1, 0.15) is 5.56 Å². The van der Waals surface area contributed by atoms with Gasteiger partial charge in [-0.2, -0.15) is 0 Å². The van der Waals surface area contributed by atoms with Gasteiger partial charge in [-0.05, 0) is 83.5 Å². The highest BCUT2D eigenvalue weighted by atomic mass is 35.5. The summed E-state index contributed by atoms with van der Waals surface area (Å²) in [6.45, 7) is 1.85. The van der Waals surface area contributed by atoms with Gasteiger partial charge in [0.15, 0.2) is 11.5 Å². The monoisotopic (exact) mass is 555 g/mol. The van der Waals surface area contributed by atoms with E-state index in [2.05, 4.69) is 35.8 Å². The van der Waals surface area contributed by atoms with Crippen LogP contribution in [-0.2, 0) is 0 Å². The molecule has 3 aromatic carbocycles. The first kappa shape index (κ1) is 25.7. The zero-order chi connectivity index (χ0) is 27.6. The Labute approximate surface area is 223 Å². The summed E-state index contributed by atoms with van der Waals surface area (Å²) in [6, 6.07) is 16.6. The molecule has 0 radical (unpaired) electrons. The largest absolute Gasteiger partial charge is 0.573 e. The minimum absolute atomic E-state index is 0.141. The fourth-order valence-electron chi connectivity index (χ4n) is 3.63. The van der Waals surface area contributed by atoms with E-state index in [-0.39, 0.29) is 11.6 Å². The first-order valence-electron chi connectivity index (χ1n) is 11.2. The molecule has 0 bridgehead atoms. The highest BCUT2D eigenvalue weighted by Crippen LogP contribution is 2.29. The standard InChI is InChI=1S/C25H17ClF3N7O3/c1-14-12-16(26)4-11-20(14)21-23(35-39-34-21)32-24(37)31-17-5-2-15(3-6-17)22-30-13-36(33-22)18-7-9-19(10-8-18)38-25(27,28)29/h2-13H,1H3,(H2,31,32,35,37). The molecule has 0 aliphatic rings. The second-order valence-electron chi connectivity index (χ2n) is 8.13. The maximum Gasteiger partial charge on any atom is 0.573 e. The molecule has 0 fully saturated rings. The van der Waals surface area contributed by atoms with Crippen molar-refractivity contribution >= 4 is 29.1 Å². The zero-order valence-corrected chi connectivity index (χ0v) is 20.7. The van der Waals surface area contributed by atoms with Crippen LogP contribution in [0, 0.1) is 6.92 Å². The molecule has 0 aliphatic heterocycles. The summed E-state index contributed by atoms with van der Waals surface area (Å²) in [5.41, 5.74) is 3.53. The van der Waals surface area contributed by atoms with Crippen LogP contribution in [0.15, 0.2) is 77.7 Å². The second kappa shape index (κ2) is 10.5. The first-order chi connectivity index (χ1) is 18.6. The van der Waals surface area contributed by atoms with Crippen LogP contribution in [-0.4, -0.2) is 37.5 Å². The fraction of sp³-hybridized carbons (Fsp3) is 0.0800. The van der Waals surface area contributed by atoms with Crippen LogP contribution in [0.2, 0.25) is 5.02 Å². The van der Waals surface area contributed by atoms with Crippen LogP contribution in [0.25, 0.3) is 28.3 Å². The van der Waals surface area contributed by atoms with E-state index in [0.29, 0.717) is 39.0 Å². The Morgan fingerprint density at radius 1 is 1.00 bits per heavy atom. The van der Waals surface area contributed by atoms with Crippen molar-refractivity contribution in [2.75, 3.05) is 10.6 Å². The lowest BCUT2D eigenvalue weighted by molar-refractivity contribution is -0.274. The molecule has 5 aromatic rings. The average Bonchev–Trinajstić information content (AvgIpc) is 3.54. The van der Waals surface area contributed by atoms with Crippen molar-refractivity contribution < 1.29 is 27.3 Å². The Kier molecular flexibility index (Phi) is 6.90. The molecule has 2 heterocycles. The maximum atomic E-state index is 12.6. The van der Waals surface area contributed by atoms with Crippen molar-refractivity contribution in [1.82, 2.24) is 25.1 Å². The van der Waals surface area contributed by atoms with Gasteiger partial charge in [-0.25, -0.2) is 19.1 Å². The van der Waals surface area contributed by atoms with Gasteiger partial charge in [-0.15, -0.1) is 18.3 Å². The number of alkyl halides is 3. The van der Waals surface area contributed by atoms with E-state index in [1.165, 1.54) is 35.3 Å². The van der Waals surface area contributed by atoms with Gasteiger partial charge in [0.1, 0.15) is 12.1 Å². The quantitative estimate of drug-likeness (QED) is 0.246. The molecule has 0 unspecified atom stereocenters. The lowest BCUT2D eigenvalue weighted by Gasteiger charge is -2.09. The summed E-state index contributed by atoms with van der Waals surface area (Å²) in [5, 5.41) is 17.9. The third kappa shape index (κ3) is 6.15. The summed E-state index contributed by atoms with van der Waals surface area (Å²) in [5.74, 6) is 0.176. The molecule has 0 aliphatic carbocycles. The molecule has 2 amide bonds. The molecule has 39 heavy (non-hydrogen) atoms. The number of hydrogen-bond acceptors (Lipinski definition) is 7. The molecule has 5 rings (SSSR count). The second-order valence-corrected chi connectivity index (χ2v) is 8.57.